The van der Waals surface area contributed by atoms with Gasteiger partial charge in [0, 0.05) is 17.1 Å². The summed E-state index contributed by atoms with van der Waals surface area (Å²) in [6, 6.07) is 13.3. The lowest BCUT2D eigenvalue weighted by molar-refractivity contribution is 0.321. The standard InChI is InChI=1S/C17H20ClNO2/c1-3-19-12-13-14(18)8-7-11-15(13)21-17-10-6-5-9-16(17)20-4-2/h5-11,19H,3-4,12H2,1-2H3. The van der Waals surface area contributed by atoms with Crippen LogP contribution in [0.15, 0.2) is 42.5 Å². The summed E-state index contributed by atoms with van der Waals surface area (Å²) in [6.07, 6.45) is 0. The fourth-order valence-corrected chi connectivity index (χ4v) is 2.22. The highest BCUT2D eigenvalue weighted by atomic mass is 35.5. The molecule has 1 N–H and O–H groups in total. The molecule has 0 amide bonds. The van der Waals surface area contributed by atoms with Gasteiger partial charge in [0.1, 0.15) is 5.75 Å². The van der Waals surface area contributed by atoms with Gasteiger partial charge < -0.3 is 14.8 Å². The quantitative estimate of drug-likeness (QED) is 0.808. The molecule has 0 aliphatic heterocycles. The Kier molecular flexibility index (Phi) is 5.90. The maximum absolute atomic E-state index is 6.28. The second kappa shape index (κ2) is 7.91. The molecule has 0 saturated carbocycles. The van der Waals surface area contributed by atoms with Crippen LogP contribution in [-0.4, -0.2) is 13.2 Å². The molecule has 0 spiro atoms. The predicted octanol–water partition coefficient (Wildman–Crippen LogP) is 4.64. The zero-order valence-electron chi connectivity index (χ0n) is 12.4. The molecule has 0 fully saturated rings. The zero-order valence-corrected chi connectivity index (χ0v) is 13.1. The van der Waals surface area contributed by atoms with E-state index in [1.54, 1.807) is 0 Å². The number of nitrogens with one attached hydrogen (secondary N) is 1. The van der Waals surface area contributed by atoms with Crippen LogP contribution in [0.1, 0.15) is 19.4 Å². The largest absolute Gasteiger partial charge is 0.490 e. The number of benzene rings is 2. The van der Waals surface area contributed by atoms with Crippen LogP contribution in [0.25, 0.3) is 0 Å². The van der Waals surface area contributed by atoms with Crippen molar-refractivity contribution in [1.29, 1.82) is 0 Å². The molecule has 0 heterocycles. The molecule has 2 rings (SSSR count). The summed E-state index contributed by atoms with van der Waals surface area (Å²) in [4.78, 5) is 0. The van der Waals surface area contributed by atoms with Crippen LogP contribution in [0.2, 0.25) is 5.02 Å². The molecule has 0 atom stereocenters. The summed E-state index contributed by atoms with van der Waals surface area (Å²) >= 11 is 6.28. The molecule has 3 nitrogen and oxygen atoms in total. The van der Waals surface area contributed by atoms with E-state index in [0.717, 1.165) is 23.6 Å². The average molecular weight is 306 g/mol. The lowest BCUT2D eigenvalue weighted by Gasteiger charge is -2.15. The third kappa shape index (κ3) is 4.13. The first kappa shape index (κ1) is 15.7. The Labute approximate surface area is 130 Å². The lowest BCUT2D eigenvalue weighted by atomic mass is 10.2. The lowest BCUT2D eigenvalue weighted by Crippen LogP contribution is -2.12. The van der Waals surface area contributed by atoms with Crippen LogP contribution < -0.4 is 14.8 Å². The molecule has 0 aromatic heterocycles. The van der Waals surface area contributed by atoms with Crippen molar-refractivity contribution in [3.8, 4) is 17.2 Å². The number of halogens is 1. The van der Waals surface area contributed by atoms with Crippen molar-refractivity contribution in [2.24, 2.45) is 0 Å². The number of hydrogen-bond acceptors (Lipinski definition) is 3. The molecule has 0 aliphatic carbocycles. The Morgan fingerprint density at radius 3 is 2.38 bits per heavy atom. The van der Waals surface area contributed by atoms with Gasteiger partial charge in [0.15, 0.2) is 11.5 Å². The maximum atomic E-state index is 6.28. The Morgan fingerprint density at radius 2 is 1.67 bits per heavy atom. The van der Waals surface area contributed by atoms with Crippen LogP contribution in [0.4, 0.5) is 0 Å². The smallest absolute Gasteiger partial charge is 0.169 e. The average Bonchev–Trinajstić information content (AvgIpc) is 2.49. The second-order valence-corrected chi connectivity index (χ2v) is 4.89. The summed E-state index contributed by atoms with van der Waals surface area (Å²) in [5.74, 6) is 2.17. The Balaban J connectivity index is 2.29. The van der Waals surface area contributed by atoms with Gasteiger partial charge in [-0.3, -0.25) is 0 Å². The monoisotopic (exact) mass is 305 g/mol. The van der Waals surface area contributed by atoms with E-state index in [1.165, 1.54) is 0 Å². The van der Waals surface area contributed by atoms with Crippen LogP contribution in [-0.2, 0) is 6.54 Å². The molecule has 0 radical (unpaired) electrons. The highest BCUT2D eigenvalue weighted by molar-refractivity contribution is 6.31. The highest BCUT2D eigenvalue weighted by Crippen LogP contribution is 2.35. The SMILES string of the molecule is CCNCc1c(Cl)cccc1Oc1ccccc1OCC. The second-order valence-electron chi connectivity index (χ2n) is 4.48. The molecule has 0 aliphatic rings. The van der Waals surface area contributed by atoms with E-state index in [2.05, 4.69) is 12.2 Å². The summed E-state index contributed by atoms with van der Waals surface area (Å²) < 4.78 is 11.6. The van der Waals surface area contributed by atoms with Gasteiger partial charge in [-0.15, -0.1) is 0 Å². The van der Waals surface area contributed by atoms with Crippen molar-refractivity contribution in [1.82, 2.24) is 5.32 Å². The molecule has 0 saturated heterocycles. The van der Waals surface area contributed by atoms with E-state index in [0.29, 0.717) is 23.9 Å². The summed E-state index contributed by atoms with van der Waals surface area (Å²) in [6.45, 7) is 6.15. The van der Waals surface area contributed by atoms with Gasteiger partial charge in [0.05, 0.1) is 6.61 Å². The van der Waals surface area contributed by atoms with Gasteiger partial charge in [-0.1, -0.05) is 36.7 Å². The van der Waals surface area contributed by atoms with Gasteiger partial charge in [-0.05, 0) is 37.7 Å². The molecule has 2 aromatic carbocycles. The molecule has 21 heavy (non-hydrogen) atoms. The minimum absolute atomic E-state index is 0.597. The van der Waals surface area contributed by atoms with Crippen LogP contribution >= 0.6 is 11.6 Å². The molecule has 2 aromatic rings. The van der Waals surface area contributed by atoms with E-state index in [4.69, 9.17) is 21.1 Å². The predicted molar refractivity (Wildman–Crippen MR) is 86.5 cm³/mol. The van der Waals surface area contributed by atoms with Gasteiger partial charge >= 0.3 is 0 Å². The van der Waals surface area contributed by atoms with Crippen molar-refractivity contribution in [2.45, 2.75) is 20.4 Å². The van der Waals surface area contributed by atoms with Crippen molar-refractivity contribution in [3.05, 3.63) is 53.1 Å². The first-order chi connectivity index (χ1) is 10.3. The molecule has 0 bridgehead atoms. The van der Waals surface area contributed by atoms with Gasteiger partial charge in [-0.2, -0.15) is 0 Å². The van der Waals surface area contributed by atoms with Crippen LogP contribution in [0.5, 0.6) is 17.2 Å². The molecule has 112 valence electrons. The maximum Gasteiger partial charge on any atom is 0.169 e. The van der Waals surface area contributed by atoms with E-state index in [-0.39, 0.29) is 0 Å². The number of para-hydroxylation sites is 2. The number of rotatable bonds is 7. The summed E-state index contributed by atoms with van der Waals surface area (Å²) in [5, 5.41) is 3.97. The third-order valence-electron chi connectivity index (χ3n) is 3.00. The van der Waals surface area contributed by atoms with E-state index < -0.39 is 0 Å². The van der Waals surface area contributed by atoms with Crippen molar-refractivity contribution in [2.75, 3.05) is 13.2 Å². The van der Waals surface area contributed by atoms with E-state index >= 15 is 0 Å². The minimum atomic E-state index is 0.597. The Hall–Kier alpha value is -1.71. The van der Waals surface area contributed by atoms with Crippen LogP contribution in [0, 0.1) is 0 Å². The van der Waals surface area contributed by atoms with Crippen LogP contribution in [0.3, 0.4) is 0 Å². The highest BCUT2D eigenvalue weighted by Gasteiger charge is 2.11. The molecule has 4 heteroatoms. The fourth-order valence-electron chi connectivity index (χ4n) is 1.98. The molecule has 0 unspecified atom stereocenters. The van der Waals surface area contributed by atoms with E-state index in [1.807, 2.05) is 49.4 Å². The van der Waals surface area contributed by atoms with Crippen molar-refractivity contribution < 1.29 is 9.47 Å². The Bertz CT molecular complexity index is 587. The third-order valence-corrected chi connectivity index (χ3v) is 3.35. The Morgan fingerprint density at radius 1 is 0.952 bits per heavy atom. The van der Waals surface area contributed by atoms with Gasteiger partial charge in [0.25, 0.3) is 0 Å². The number of ether oxygens (including phenoxy) is 2. The number of hydrogen-bond donors (Lipinski definition) is 1. The fraction of sp³-hybridized carbons (Fsp3) is 0.294. The van der Waals surface area contributed by atoms with E-state index in [9.17, 15) is 0 Å². The minimum Gasteiger partial charge on any atom is -0.490 e. The summed E-state index contributed by atoms with van der Waals surface area (Å²) in [7, 11) is 0. The zero-order chi connectivity index (χ0) is 15.1. The van der Waals surface area contributed by atoms with Crippen molar-refractivity contribution in [3.63, 3.8) is 0 Å². The first-order valence-electron chi connectivity index (χ1n) is 7.14. The normalized spacial score (nSPS) is 10.4. The molecular weight excluding hydrogens is 286 g/mol. The van der Waals surface area contributed by atoms with Gasteiger partial charge in [-0.25, -0.2) is 0 Å². The molecular formula is C17H20ClNO2. The summed E-state index contributed by atoms with van der Waals surface area (Å²) in [5.41, 5.74) is 0.951. The first-order valence-corrected chi connectivity index (χ1v) is 7.51. The van der Waals surface area contributed by atoms with Gasteiger partial charge in [0.2, 0.25) is 0 Å². The van der Waals surface area contributed by atoms with Crippen molar-refractivity contribution >= 4 is 11.6 Å². The topological polar surface area (TPSA) is 30.5 Å².